The molecule has 140 valence electrons. The molecular formula is C18H19BrF2N2O3. The van der Waals surface area contributed by atoms with Crippen molar-refractivity contribution in [3.8, 4) is 0 Å². The van der Waals surface area contributed by atoms with Crippen LogP contribution >= 0.6 is 15.9 Å². The fourth-order valence-electron chi connectivity index (χ4n) is 3.13. The molecule has 8 heteroatoms. The molecular weight excluding hydrogens is 410 g/mol. The highest BCUT2D eigenvalue weighted by atomic mass is 79.9. The van der Waals surface area contributed by atoms with Crippen molar-refractivity contribution in [2.75, 3.05) is 13.2 Å². The van der Waals surface area contributed by atoms with Gasteiger partial charge in [-0.05, 0) is 47.0 Å². The van der Waals surface area contributed by atoms with Crippen LogP contribution in [0.1, 0.15) is 31.2 Å². The molecule has 0 bridgehead atoms. The van der Waals surface area contributed by atoms with Gasteiger partial charge in [-0.15, -0.1) is 0 Å². The average molecular weight is 429 g/mol. The maximum absolute atomic E-state index is 12.8. The van der Waals surface area contributed by atoms with Crippen LogP contribution in [0, 0.1) is 11.9 Å². The molecule has 1 spiro atoms. The number of aromatic nitrogens is 2. The van der Waals surface area contributed by atoms with Crippen LogP contribution in [0.15, 0.2) is 41.1 Å². The van der Waals surface area contributed by atoms with Gasteiger partial charge in [-0.25, -0.2) is 9.97 Å². The normalized spacial score (nSPS) is 20.5. The summed E-state index contributed by atoms with van der Waals surface area (Å²) in [6, 6.07) is 5.77. The highest BCUT2D eigenvalue weighted by Gasteiger charge is 2.46. The molecule has 0 aromatic carbocycles. The van der Waals surface area contributed by atoms with Gasteiger partial charge >= 0.3 is 0 Å². The Hall–Kier alpha value is -1.48. The Bertz CT molecular complexity index is 691. The van der Waals surface area contributed by atoms with E-state index in [1.54, 1.807) is 12.1 Å². The van der Waals surface area contributed by atoms with Gasteiger partial charge in [-0.1, -0.05) is 6.07 Å². The van der Waals surface area contributed by atoms with Crippen molar-refractivity contribution >= 4 is 15.9 Å². The fraction of sp³-hybridized carbons (Fsp3) is 0.444. The third-order valence-corrected chi connectivity index (χ3v) is 5.08. The van der Waals surface area contributed by atoms with Crippen LogP contribution < -0.4 is 0 Å². The summed E-state index contributed by atoms with van der Waals surface area (Å²) in [5.74, 6) is -1.48. The first kappa shape index (κ1) is 19.3. The third-order valence-electron chi connectivity index (χ3n) is 4.61. The van der Waals surface area contributed by atoms with Crippen LogP contribution in [-0.2, 0) is 15.1 Å². The van der Waals surface area contributed by atoms with Crippen molar-refractivity contribution in [3.63, 3.8) is 0 Å². The molecule has 1 aliphatic heterocycles. The SMILES string of the molecule is Fc1ccc(Br)cn1.OC1(c2ccc(F)nc2)CCC2(CC1)OCCO2. The van der Waals surface area contributed by atoms with Gasteiger partial charge in [-0.2, -0.15) is 8.78 Å². The highest BCUT2D eigenvalue weighted by Crippen LogP contribution is 2.44. The highest BCUT2D eigenvalue weighted by molar-refractivity contribution is 9.10. The quantitative estimate of drug-likeness (QED) is 0.701. The zero-order chi connectivity index (χ0) is 18.6. The lowest BCUT2D eigenvalue weighted by molar-refractivity contribution is -0.204. The van der Waals surface area contributed by atoms with Gasteiger partial charge < -0.3 is 14.6 Å². The van der Waals surface area contributed by atoms with E-state index < -0.39 is 23.3 Å². The molecule has 0 atom stereocenters. The monoisotopic (exact) mass is 428 g/mol. The van der Waals surface area contributed by atoms with E-state index in [0.29, 0.717) is 44.5 Å². The Morgan fingerprint density at radius 1 is 0.885 bits per heavy atom. The number of rotatable bonds is 1. The number of hydrogen-bond acceptors (Lipinski definition) is 5. The van der Waals surface area contributed by atoms with E-state index in [4.69, 9.17) is 9.47 Å². The van der Waals surface area contributed by atoms with Crippen LogP contribution in [-0.4, -0.2) is 34.1 Å². The van der Waals surface area contributed by atoms with Gasteiger partial charge in [0.15, 0.2) is 5.79 Å². The van der Waals surface area contributed by atoms with Crippen LogP contribution in [0.5, 0.6) is 0 Å². The lowest BCUT2D eigenvalue weighted by atomic mass is 9.77. The van der Waals surface area contributed by atoms with Crippen molar-refractivity contribution in [1.29, 1.82) is 0 Å². The molecule has 2 aromatic heterocycles. The fourth-order valence-corrected chi connectivity index (χ4v) is 3.36. The molecule has 0 amide bonds. The first-order valence-corrected chi connectivity index (χ1v) is 9.10. The number of halogens is 3. The summed E-state index contributed by atoms with van der Waals surface area (Å²) in [4.78, 5) is 6.96. The molecule has 2 fully saturated rings. The van der Waals surface area contributed by atoms with Crippen LogP contribution in [0.4, 0.5) is 8.78 Å². The maximum atomic E-state index is 12.8. The molecule has 3 heterocycles. The molecule has 1 aliphatic carbocycles. The van der Waals surface area contributed by atoms with Gasteiger partial charge in [0.2, 0.25) is 11.9 Å². The summed E-state index contributed by atoms with van der Waals surface area (Å²) < 4.78 is 36.8. The molecule has 1 saturated carbocycles. The molecule has 26 heavy (non-hydrogen) atoms. The number of aliphatic hydroxyl groups is 1. The minimum Gasteiger partial charge on any atom is -0.385 e. The zero-order valence-electron chi connectivity index (χ0n) is 14.0. The minimum atomic E-state index is -0.943. The Balaban J connectivity index is 0.000000206. The smallest absolute Gasteiger partial charge is 0.212 e. The number of ether oxygens (including phenoxy) is 2. The second-order valence-corrected chi connectivity index (χ2v) is 7.22. The Morgan fingerprint density at radius 3 is 1.92 bits per heavy atom. The van der Waals surface area contributed by atoms with Crippen LogP contribution in [0.3, 0.4) is 0 Å². The number of pyridine rings is 2. The van der Waals surface area contributed by atoms with Crippen molar-refractivity contribution in [3.05, 3.63) is 58.6 Å². The molecule has 5 nitrogen and oxygen atoms in total. The van der Waals surface area contributed by atoms with Gasteiger partial charge in [0, 0.05) is 35.3 Å². The van der Waals surface area contributed by atoms with Crippen molar-refractivity contribution in [1.82, 2.24) is 9.97 Å². The lowest BCUT2D eigenvalue weighted by Gasteiger charge is -2.40. The first-order chi connectivity index (χ1) is 12.4. The summed E-state index contributed by atoms with van der Waals surface area (Å²) >= 11 is 3.12. The standard InChI is InChI=1S/C13H16FNO3.C5H3BrFN/c14-11-2-1-10(9-15-11)12(16)3-5-13(6-4-12)17-7-8-18-13;6-4-1-2-5(7)8-3-4/h1-2,9,16H,3-8H2;1-3H. The van der Waals surface area contributed by atoms with E-state index in [0.717, 1.165) is 4.47 Å². The van der Waals surface area contributed by atoms with E-state index in [1.807, 2.05) is 0 Å². The molecule has 4 rings (SSSR count). The lowest BCUT2D eigenvalue weighted by Crippen LogP contribution is -2.42. The summed E-state index contributed by atoms with van der Waals surface area (Å²) in [6.45, 7) is 1.24. The summed E-state index contributed by atoms with van der Waals surface area (Å²) in [6.07, 6.45) is 5.21. The van der Waals surface area contributed by atoms with Crippen LogP contribution in [0.25, 0.3) is 0 Å². The Kier molecular flexibility index (Phi) is 5.96. The second kappa shape index (κ2) is 8.04. The van der Waals surface area contributed by atoms with E-state index in [1.165, 1.54) is 24.5 Å². The van der Waals surface area contributed by atoms with E-state index >= 15 is 0 Å². The topological polar surface area (TPSA) is 64.5 Å². The molecule has 1 saturated heterocycles. The molecule has 2 aliphatic rings. The minimum absolute atomic E-state index is 0.451. The summed E-state index contributed by atoms with van der Waals surface area (Å²) in [7, 11) is 0. The largest absolute Gasteiger partial charge is 0.385 e. The summed E-state index contributed by atoms with van der Waals surface area (Å²) in [5.41, 5.74) is -0.280. The third kappa shape index (κ3) is 4.62. The first-order valence-electron chi connectivity index (χ1n) is 8.30. The van der Waals surface area contributed by atoms with E-state index in [2.05, 4.69) is 25.9 Å². The van der Waals surface area contributed by atoms with Gasteiger partial charge in [0.05, 0.1) is 18.8 Å². The molecule has 0 unspecified atom stereocenters. The van der Waals surface area contributed by atoms with Gasteiger partial charge in [0.25, 0.3) is 0 Å². The molecule has 2 aromatic rings. The molecule has 1 N–H and O–H groups in total. The van der Waals surface area contributed by atoms with Crippen molar-refractivity contribution in [2.45, 2.75) is 37.1 Å². The Morgan fingerprint density at radius 2 is 1.46 bits per heavy atom. The van der Waals surface area contributed by atoms with Crippen molar-refractivity contribution < 1.29 is 23.4 Å². The molecule has 0 radical (unpaired) electrons. The zero-order valence-corrected chi connectivity index (χ0v) is 15.6. The Labute approximate surface area is 158 Å². The van der Waals surface area contributed by atoms with Crippen LogP contribution in [0.2, 0.25) is 0 Å². The predicted octanol–water partition coefficient (Wildman–Crippen LogP) is 3.71. The summed E-state index contributed by atoms with van der Waals surface area (Å²) in [5, 5.41) is 10.6. The van der Waals surface area contributed by atoms with E-state index in [-0.39, 0.29) is 0 Å². The van der Waals surface area contributed by atoms with Crippen molar-refractivity contribution in [2.24, 2.45) is 0 Å². The second-order valence-electron chi connectivity index (χ2n) is 6.31. The average Bonchev–Trinajstić information content (AvgIpc) is 3.10. The number of nitrogens with zero attached hydrogens (tertiary/aromatic N) is 2. The number of hydrogen-bond donors (Lipinski definition) is 1. The van der Waals surface area contributed by atoms with Gasteiger partial charge in [0.1, 0.15) is 0 Å². The van der Waals surface area contributed by atoms with Gasteiger partial charge in [-0.3, -0.25) is 0 Å². The predicted molar refractivity (Wildman–Crippen MR) is 93.1 cm³/mol. The van der Waals surface area contributed by atoms with E-state index in [9.17, 15) is 13.9 Å². The maximum Gasteiger partial charge on any atom is 0.212 e.